The summed E-state index contributed by atoms with van der Waals surface area (Å²) >= 11 is 0. The van der Waals surface area contributed by atoms with Gasteiger partial charge in [-0.2, -0.15) is 35.9 Å². The smallest absolute Gasteiger partial charge is 0.407 e. The standard InChI is InChI=1S/C7H7.C3H5NO2.C2H6.Y/c1-7-5-3-2-4-6-7;5-3-4-1-2-6-3;1-2;/h2-5H,1H3;1-2H2,(H,4,5);1-2H3;/q-1;;;. The molecule has 1 fully saturated rings. The van der Waals surface area contributed by atoms with E-state index in [1.807, 2.05) is 45.0 Å². The predicted molar refractivity (Wildman–Crippen MR) is 60.7 cm³/mol. The minimum Gasteiger partial charge on any atom is -0.448 e. The van der Waals surface area contributed by atoms with Crippen LogP contribution in [-0.2, 0) is 37.4 Å². The second kappa shape index (κ2) is 12.7. The van der Waals surface area contributed by atoms with Crippen molar-refractivity contribution in [1.82, 2.24) is 5.32 Å². The van der Waals surface area contributed by atoms with E-state index in [2.05, 4.69) is 16.1 Å². The molecule has 1 heterocycles. The maximum Gasteiger partial charge on any atom is 0.407 e. The van der Waals surface area contributed by atoms with Crippen LogP contribution in [0.25, 0.3) is 0 Å². The first kappa shape index (κ1) is 18.0. The first-order valence-corrected chi connectivity index (χ1v) is 5.13. The second-order valence-electron chi connectivity index (χ2n) is 2.61. The zero-order valence-electron chi connectivity index (χ0n) is 10.1. The molecule has 0 aliphatic carbocycles. The molecule has 1 aromatic carbocycles. The number of ether oxygens (including phenoxy) is 1. The number of amides is 1. The number of hydrogen-bond donors (Lipinski definition) is 1. The summed E-state index contributed by atoms with van der Waals surface area (Å²) < 4.78 is 4.40. The van der Waals surface area contributed by atoms with E-state index in [-0.39, 0.29) is 38.8 Å². The molecule has 0 atom stereocenters. The molecule has 1 amide bonds. The molecule has 1 saturated heterocycles. The minimum absolute atomic E-state index is 0. The van der Waals surface area contributed by atoms with E-state index in [1.54, 1.807) is 0 Å². The van der Waals surface area contributed by atoms with Gasteiger partial charge in [0.1, 0.15) is 6.61 Å². The van der Waals surface area contributed by atoms with E-state index in [0.29, 0.717) is 13.2 Å². The van der Waals surface area contributed by atoms with E-state index in [0.717, 1.165) is 0 Å². The van der Waals surface area contributed by atoms with Gasteiger partial charge in [-0.15, -0.1) is 0 Å². The predicted octanol–water partition coefficient (Wildman–Crippen LogP) is 2.55. The Kier molecular flexibility index (Phi) is 14.2. The van der Waals surface area contributed by atoms with Crippen molar-refractivity contribution in [1.29, 1.82) is 0 Å². The minimum atomic E-state index is -0.296. The third-order valence-corrected chi connectivity index (χ3v) is 1.47. The van der Waals surface area contributed by atoms with Crippen LogP contribution in [0.4, 0.5) is 4.79 Å². The average molecular weight is 297 g/mol. The summed E-state index contributed by atoms with van der Waals surface area (Å²) in [5.41, 5.74) is 1.20. The summed E-state index contributed by atoms with van der Waals surface area (Å²) in [6.45, 7) is 7.22. The Bertz CT molecular complexity index is 257. The van der Waals surface area contributed by atoms with E-state index in [1.165, 1.54) is 5.56 Å². The second-order valence-corrected chi connectivity index (χ2v) is 2.61. The van der Waals surface area contributed by atoms with Crippen molar-refractivity contribution in [2.75, 3.05) is 13.2 Å². The molecule has 2 rings (SSSR count). The number of rotatable bonds is 0. The maximum atomic E-state index is 9.91. The summed E-state index contributed by atoms with van der Waals surface area (Å²) in [5.74, 6) is 0. The monoisotopic (exact) mass is 297 g/mol. The number of cyclic esters (lactones) is 1. The Morgan fingerprint density at radius 2 is 2.06 bits per heavy atom. The zero-order chi connectivity index (χ0) is 11.5. The molecule has 0 bridgehead atoms. The topological polar surface area (TPSA) is 38.3 Å². The van der Waals surface area contributed by atoms with Gasteiger partial charge < -0.3 is 10.1 Å². The molecule has 3 nitrogen and oxygen atoms in total. The van der Waals surface area contributed by atoms with Gasteiger partial charge in [0.05, 0.1) is 6.54 Å². The van der Waals surface area contributed by atoms with Gasteiger partial charge in [0, 0.05) is 32.7 Å². The Morgan fingerprint density at radius 1 is 1.38 bits per heavy atom. The molecule has 1 aliphatic rings. The van der Waals surface area contributed by atoms with Gasteiger partial charge in [-0.25, -0.2) is 4.79 Å². The Labute approximate surface area is 123 Å². The third kappa shape index (κ3) is 10.1. The van der Waals surface area contributed by atoms with Gasteiger partial charge in [0.15, 0.2) is 0 Å². The van der Waals surface area contributed by atoms with Crippen LogP contribution in [0.2, 0.25) is 0 Å². The summed E-state index contributed by atoms with van der Waals surface area (Å²) in [5, 5.41) is 2.46. The van der Waals surface area contributed by atoms with Crippen molar-refractivity contribution in [3.05, 3.63) is 35.9 Å². The van der Waals surface area contributed by atoms with Crippen molar-refractivity contribution in [3.63, 3.8) is 0 Å². The number of carbonyl (C=O) groups excluding carboxylic acids is 1. The van der Waals surface area contributed by atoms with Gasteiger partial charge in [0.2, 0.25) is 0 Å². The van der Waals surface area contributed by atoms with Crippen molar-refractivity contribution in [3.8, 4) is 0 Å². The first-order chi connectivity index (χ1) is 7.29. The van der Waals surface area contributed by atoms with Gasteiger partial charge >= 0.3 is 6.09 Å². The molecule has 0 unspecified atom stereocenters. The molecule has 16 heavy (non-hydrogen) atoms. The molecule has 1 N–H and O–H groups in total. The maximum absolute atomic E-state index is 9.91. The third-order valence-electron chi connectivity index (χ3n) is 1.47. The number of benzene rings is 1. The van der Waals surface area contributed by atoms with Gasteiger partial charge in [0.25, 0.3) is 0 Å². The number of aryl methyl sites for hydroxylation is 1. The van der Waals surface area contributed by atoms with Crippen LogP contribution >= 0.6 is 0 Å². The molecule has 0 saturated carbocycles. The zero-order valence-corrected chi connectivity index (χ0v) is 13.0. The normalized spacial score (nSPS) is 11.6. The fourth-order valence-corrected chi connectivity index (χ4v) is 0.831. The number of carbonyl (C=O) groups is 1. The summed E-state index contributed by atoms with van der Waals surface area (Å²) in [7, 11) is 0. The molecule has 1 radical (unpaired) electrons. The summed E-state index contributed by atoms with van der Waals surface area (Å²) in [6, 6.07) is 10.9. The molecule has 87 valence electrons. The van der Waals surface area contributed by atoms with Crippen LogP contribution in [0, 0.1) is 13.0 Å². The van der Waals surface area contributed by atoms with Crippen LogP contribution in [0.1, 0.15) is 19.4 Å². The molecular formula is C12H18NO2Y-. The fourth-order valence-electron chi connectivity index (χ4n) is 0.831. The Hall–Kier alpha value is -0.406. The fraction of sp³-hybridized carbons (Fsp3) is 0.417. The van der Waals surface area contributed by atoms with E-state index < -0.39 is 0 Å². The average Bonchev–Trinajstić information content (AvgIpc) is 2.74. The summed E-state index contributed by atoms with van der Waals surface area (Å²) in [6.07, 6.45) is -0.296. The summed E-state index contributed by atoms with van der Waals surface area (Å²) in [4.78, 5) is 9.91. The largest absolute Gasteiger partial charge is 0.448 e. The molecule has 0 aromatic heterocycles. The Morgan fingerprint density at radius 3 is 2.25 bits per heavy atom. The quantitative estimate of drug-likeness (QED) is 0.747. The van der Waals surface area contributed by atoms with Gasteiger partial charge in [-0.05, 0) is 0 Å². The van der Waals surface area contributed by atoms with Crippen LogP contribution in [0.5, 0.6) is 0 Å². The molecule has 1 aliphatic heterocycles. The van der Waals surface area contributed by atoms with Gasteiger partial charge in [-0.1, -0.05) is 20.8 Å². The van der Waals surface area contributed by atoms with Crippen molar-refractivity contribution in [2.45, 2.75) is 20.8 Å². The van der Waals surface area contributed by atoms with E-state index in [9.17, 15) is 4.79 Å². The molecule has 1 aromatic rings. The van der Waals surface area contributed by atoms with Gasteiger partial charge in [-0.3, -0.25) is 0 Å². The van der Waals surface area contributed by atoms with Crippen LogP contribution in [0.3, 0.4) is 0 Å². The SMILES string of the molecule is CC.Cc1[c-]cccc1.O=C1NCCO1.[Y]. The van der Waals surface area contributed by atoms with Crippen molar-refractivity contribution >= 4 is 6.09 Å². The number of alkyl carbamates (subject to hydrolysis) is 1. The Balaban J connectivity index is 0. The van der Waals surface area contributed by atoms with Crippen molar-refractivity contribution < 1.29 is 42.2 Å². The van der Waals surface area contributed by atoms with Crippen LogP contribution < -0.4 is 5.32 Å². The molecule has 0 spiro atoms. The number of nitrogens with one attached hydrogen (secondary N) is 1. The number of hydrogen-bond acceptors (Lipinski definition) is 2. The van der Waals surface area contributed by atoms with E-state index >= 15 is 0 Å². The molecular weight excluding hydrogens is 279 g/mol. The van der Waals surface area contributed by atoms with Crippen molar-refractivity contribution in [2.24, 2.45) is 0 Å². The molecule has 4 heteroatoms. The first-order valence-electron chi connectivity index (χ1n) is 5.13. The van der Waals surface area contributed by atoms with Crippen LogP contribution in [0.15, 0.2) is 24.3 Å². The van der Waals surface area contributed by atoms with E-state index in [4.69, 9.17) is 0 Å². The van der Waals surface area contributed by atoms with Crippen LogP contribution in [-0.4, -0.2) is 19.2 Å².